The minimum Gasteiger partial charge on any atom is -0.350 e. The molecule has 3 aliphatic heterocycles. The van der Waals surface area contributed by atoms with Crippen molar-refractivity contribution in [3.63, 3.8) is 0 Å². The average molecular weight is 513 g/mol. The summed E-state index contributed by atoms with van der Waals surface area (Å²) in [6.45, 7) is 1.98. The molecule has 200 valence electrons. The first kappa shape index (κ1) is 26.6. The van der Waals surface area contributed by atoms with Crippen LogP contribution in [0, 0.1) is 0 Å². The van der Waals surface area contributed by atoms with Gasteiger partial charge in [-0.25, -0.2) is 0 Å². The summed E-state index contributed by atoms with van der Waals surface area (Å²) in [5.41, 5.74) is 1.37. The minimum absolute atomic E-state index is 0.00443. The number of likely N-dealkylation sites (N-methyl/N-ethyl adjacent to an activating group) is 1. The molecule has 11 nitrogen and oxygen atoms in total. The Morgan fingerprint density at radius 3 is 2.57 bits per heavy atom. The monoisotopic (exact) mass is 512 g/mol. The third kappa shape index (κ3) is 6.27. The second-order valence-corrected chi connectivity index (χ2v) is 10.1. The number of nitrogens with one attached hydrogen (secondary N) is 5. The van der Waals surface area contributed by atoms with Gasteiger partial charge in [0.15, 0.2) is 0 Å². The van der Waals surface area contributed by atoms with Crippen molar-refractivity contribution < 1.29 is 24.0 Å². The third-order valence-electron chi connectivity index (χ3n) is 7.48. The topological polar surface area (TPSA) is 149 Å². The number of hydrogen-bond donors (Lipinski definition) is 5. The molecule has 11 heteroatoms. The molecule has 3 saturated heterocycles. The van der Waals surface area contributed by atoms with E-state index < -0.39 is 24.2 Å². The number of hydrogen-bond acceptors (Lipinski definition) is 6. The van der Waals surface area contributed by atoms with E-state index in [0.717, 1.165) is 31.2 Å². The standard InChI is InChI=1S/C26H36N6O5/c1-15(27-2)23(34)31-19-9-4-3-8-18-10-11-21(32(18)26(19)37)25(36)28-14-16-6-5-7-17(12-16)29-24(35)20-13-22(33)30-20/h5-7,12,15,18-21,27H,3-4,8-11,13-14H2,1-2H3,(H,28,36)(H,29,35)(H,30,33)(H,31,34)/t15-,18-,19?,20-,21?/m0/s1. The van der Waals surface area contributed by atoms with E-state index >= 15 is 0 Å². The van der Waals surface area contributed by atoms with Gasteiger partial charge in [0.1, 0.15) is 18.1 Å². The normalized spacial score (nSPS) is 26.1. The zero-order valence-corrected chi connectivity index (χ0v) is 21.3. The predicted octanol–water partition coefficient (Wildman–Crippen LogP) is 0.156. The van der Waals surface area contributed by atoms with Gasteiger partial charge in [-0.2, -0.15) is 0 Å². The smallest absolute Gasteiger partial charge is 0.247 e. The van der Waals surface area contributed by atoms with E-state index in [1.165, 1.54) is 0 Å². The molecule has 37 heavy (non-hydrogen) atoms. The molecule has 0 radical (unpaired) electrons. The molecule has 3 fully saturated rings. The number of carbonyl (C=O) groups excluding carboxylic acids is 5. The second kappa shape index (κ2) is 11.7. The van der Waals surface area contributed by atoms with Crippen LogP contribution in [0.5, 0.6) is 0 Å². The average Bonchev–Trinajstić information content (AvgIpc) is 3.28. The fourth-order valence-corrected chi connectivity index (χ4v) is 5.16. The van der Waals surface area contributed by atoms with Gasteiger partial charge in [0, 0.05) is 18.3 Å². The summed E-state index contributed by atoms with van der Waals surface area (Å²) in [5, 5.41) is 14.0. The molecule has 5 atom stereocenters. The van der Waals surface area contributed by atoms with Crippen LogP contribution in [0.3, 0.4) is 0 Å². The number of benzene rings is 1. The van der Waals surface area contributed by atoms with Crippen molar-refractivity contribution in [1.29, 1.82) is 0 Å². The Morgan fingerprint density at radius 1 is 1.08 bits per heavy atom. The Morgan fingerprint density at radius 2 is 1.84 bits per heavy atom. The maximum absolute atomic E-state index is 13.5. The zero-order chi connectivity index (χ0) is 26.5. The van der Waals surface area contributed by atoms with Crippen molar-refractivity contribution in [3.8, 4) is 0 Å². The Kier molecular flexibility index (Phi) is 8.42. The summed E-state index contributed by atoms with van der Waals surface area (Å²) in [4.78, 5) is 64.1. The zero-order valence-electron chi connectivity index (χ0n) is 21.3. The van der Waals surface area contributed by atoms with Crippen molar-refractivity contribution in [2.24, 2.45) is 0 Å². The first-order valence-corrected chi connectivity index (χ1v) is 13.0. The number of amides is 5. The highest BCUT2D eigenvalue weighted by atomic mass is 16.2. The molecule has 4 rings (SSSR count). The maximum atomic E-state index is 13.5. The van der Waals surface area contributed by atoms with Crippen LogP contribution in [0.2, 0.25) is 0 Å². The molecule has 1 aromatic carbocycles. The van der Waals surface area contributed by atoms with Gasteiger partial charge in [-0.05, 0) is 57.4 Å². The first-order valence-electron chi connectivity index (χ1n) is 13.0. The van der Waals surface area contributed by atoms with Gasteiger partial charge in [0.2, 0.25) is 29.5 Å². The Hall–Kier alpha value is -3.47. The molecule has 5 amide bonds. The number of fused-ring (bicyclic) bond motifs is 1. The molecule has 1 aromatic rings. The lowest BCUT2D eigenvalue weighted by Crippen LogP contribution is -2.57. The van der Waals surface area contributed by atoms with E-state index in [0.29, 0.717) is 18.5 Å². The van der Waals surface area contributed by atoms with E-state index in [2.05, 4.69) is 26.6 Å². The molecule has 0 bridgehead atoms. The van der Waals surface area contributed by atoms with Gasteiger partial charge in [-0.15, -0.1) is 0 Å². The molecule has 2 unspecified atom stereocenters. The predicted molar refractivity (Wildman–Crippen MR) is 136 cm³/mol. The summed E-state index contributed by atoms with van der Waals surface area (Å²) in [5.74, 6) is -1.07. The van der Waals surface area contributed by atoms with Gasteiger partial charge >= 0.3 is 0 Å². The van der Waals surface area contributed by atoms with E-state index in [1.54, 1.807) is 37.1 Å². The Labute approximate surface area is 216 Å². The van der Waals surface area contributed by atoms with Crippen LogP contribution < -0.4 is 26.6 Å². The lowest BCUT2D eigenvalue weighted by atomic mass is 9.98. The van der Waals surface area contributed by atoms with E-state index in [4.69, 9.17) is 0 Å². The van der Waals surface area contributed by atoms with Crippen molar-refractivity contribution in [3.05, 3.63) is 29.8 Å². The summed E-state index contributed by atoms with van der Waals surface area (Å²) in [6.07, 6.45) is 4.73. The van der Waals surface area contributed by atoms with Gasteiger partial charge in [-0.3, -0.25) is 24.0 Å². The van der Waals surface area contributed by atoms with Crippen LogP contribution in [-0.2, 0) is 30.5 Å². The van der Waals surface area contributed by atoms with Crippen LogP contribution in [-0.4, -0.2) is 71.7 Å². The summed E-state index contributed by atoms with van der Waals surface area (Å²) >= 11 is 0. The lowest BCUT2D eigenvalue weighted by molar-refractivity contribution is -0.144. The molecule has 3 aliphatic rings. The Bertz CT molecular complexity index is 1050. The van der Waals surface area contributed by atoms with Crippen LogP contribution >= 0.6 is 0 Å². The van der Waals surface area contributed by atoms with Gasteiger partial charge < -0.3 is 31.5 Å². The number of anilines is 1. The molecule has 0 aromatic heterocycles. The highest BCUT2D eigenvalue weighted by Gasteiger charge is 2.44. The molecule has 3 heterocycles. The van der Waals surface area contributed by atoms with Crippen molar-refractivity contribution in [2.75, 3.05) is 12.4 Å². The lowest BCUT2D eigenvalue weighted by Gasteiger charge is -2.35. The summed E-state index contributed by atoms with van der Waals surface area (Å²) in [6, 6.07) is 4.98. The van der Waals surface area contributed by atoms with E-state index in [1.807, 2.05) is 6.07 Å². The minimum atomic E-state index is -0.639. The van der Waals surface area contributed by atoms with Gasteiger partial charge in [-0.1, -0.05) is 25.0 Å². The molecule has 0 saturated carbocycles. The summed E-state index contributed by atoms with van der Waals surface area (Å²) in [7, 11) is 1.69. The molecule has 0 spiro atoms. The number of β-lactam (4-membered cyclic amide) rings is 1. The number of carbonyl (C=O) groups is 5. The van der Waals surface area contributed by atoms with Crippen molar-refractivity contribution >= 4 is 35.2 Å². The van der Waals surface area contributed by atoms with Crippen LogP contribution in [0.4, 0.5) is 5.69 Å². The SMILES string of the molecule is CN[C@@H](C)C(=O)NC1CCCC[C@H]2CCC(C(=O)NCc3cccc(NC(=O)[C@@H]4CC(=O)N4)c3)N2C1=O. The fourth-order valence-electron chi connectivity index (χ4n) is 5.16. The van der Waals surface area contributed by atoms with Gasteiger partial charge in [0.25, 0.3) is 0 Å². The molecule has 5 N–H and O–H groups in total. The summed E-state index contributed by atoms with van der Waals surface area (Å²) < 4.78 is 0. The van der Waals surface area contributed by atoms with Crippen molar-refractivity contribution in [2.45, 2.75) is 88.6 Å². The van der Waals surface area contributed by atoms with Crippen molar-refractivity contribution in [1.82, 2.24) is 26.2 Å². The van der Waals surface area contributed by atoms with Crippen LogP contribution in [0.1, 0.15) is 57.4 Å². The highest BCUT2D eigenvalue weighted by Crippen LogP contribution is 2.31. The second-order valence-electron chi connectivity index (χ2n) is 10.1. The van der Waals surface area contributed by atoms with Crippen LogP contribution in [0.15, 0.2) is 24.3 Å². The highest BCUT2D eigenvalue weighted by molar-refractivity contribution is 6.03. The van der Waals surface area contributed by atoms with Gasteiger partial charge in [0.05, 0.1) is 12.5 Å². The third-order valence-corrected chi connectivity index (χ3v) is 7.48. The number of rotatable bonds is 8. The first-order chi connectivity index (χ1) is 17.8. The quantitative estimate of drug-likeness (QED) is 0.313. The molecule has 0 aliphatic carbocycles. The Balaban J connectivity index is 1.37. The molecular weight excluding hydrogens is 476 g/mol. The largest absolute Gasteiger partial charge is 0.350 e. The van der Waals surface area contributed by atoms with Crippen LogP contribution in [0.25, 0.3) is 0 Å². The molecular formula is C26H36N6O5. The number of nitrogens with zero attached hydrogens (tertiary/aromatic N) is 1. The van der Waals surface area contributed by atoms with E-state index in [-0.39, 0.29) is 48.5 Å². The fraction of sp³-hybridized carbons (Fsp3) is 0.577. The maximum Gasteiger partial charge on any atom is 0.247 e. The van der Waals surface area contributed by atoms with E-state index in [9.17, 15) is 24.0 Å².